The highest BCUT2D eigenvalue weighted by molar-refractivity contribution is 5.52. The predicted octanol–water partition coefficient (Wildman–Crippen LogP) is 6.92. The second-order valence-electron chi connectivity index (χ2n) is 5.93. The molecule has 0 aliphatic heterocycles. The largest absolute Gasteiger partial charge is 0.397 e. The fraction of sp³-hybridized carbons (Fsp3) is 0.684. The summed E-state index contributed by atoms with van der Waals surface area (Å²) >= 11 is 0. The molecule has 0 atom stereocenters. The number of hydrogen-bond donors (Lipinski definition) is 0. The average Bonchev–Trinajstić information content (AvgIpc) is 2.51. The molecule has 0 N–H and O–H groups in total. The summed E-state index contributed by atoms with van der Waals surface area (Å²) in [7, 11) is 0. The molecule has 1 aromatic rings. The number of halogens is 3. The van der Waals surface area contributed by atoms with Crippen LogP contribution in [-0.4, -0.2) is 16.1 Å². The van der Waals surface area contributed by atoms with E-state index in [0.29, 0.717) is 11.4 Å². The lowest BCUT2D eigenvalue weighted by molar-refractivity contribution is -0.197. The molecule has 140 valence electrons. The first-order valence-electron chi connectivity index (χ1n) is 8.53. The number of nitrogens with zero attached hydrogens (tertiary/aromatic N) is 2. The molecular weight excluding hydrogens is 313 g/mol. The third-order valence-corrected chi connectivity index (χ3v) is 3.65. The monoisotopic (exact) mass is 346 g/mol. The summed E-state index contributed by atoms with van der Waals surface area (Å²) < 4.78 is 38.6. The van der Waals surface area contributed by atoms with E-state index in [1.807, 2.05) is 13.8 Å². The van der Waals surface area contributed by atoms with Crippen LogP contribution in [0.1, 0.15) is 78.4 Å². The quantitative estimate of drug-likeness (QED) is 0.594. The normalized spacial score (nSPS) is 11.9. The van der Waals surface area contributed by atoms with E-state index in [-0.39, 0.29) is 5.57 Å². The summed E-state index contributed by atoms with van der Waals surface area (Å²) in [6.07, 6.45) is 1.36. The fourth-order valence-electron chi connectivity index (χ4n) is 1.36. The standard InChI is InChI=1S/C13H17F3N2.C4H10.C2H6/c1-8(12(4,5)13(14,15)16)6-11-10(3)18-9(2)7-17-11;1-3-4-2;1-2/h6-7H,1-5H3;3-4H2,1-2H3;1-2H3/b8-6+;;. The van der Waals surface area contributed by atoms with E-state index in [1.165, 1.54) is 25.8 Å². The van der Waals surface area contributed by atoms with Crippen LogP contribution < -0.4 is 0 Å². The number of aromatic nitrogens is 2. The molecule has 0 aliphatic rings. The Bertz CT molecular complexity index is 502. The van der Waals surface area contributed by atoms with Crippen molar-refractivity contribution in [3.05, 3.63) is 28.9 Å². The molecule has 1 rings (SSSR count). The summed E-state index contributed by atoms with van der Waals surface area (Å²) in [5.74, 6) is 0. The minimum atomic E-state index is -4.28. The van der Waals surface area contributed by atoms with Crippen molar-refractivity contribution in [3.8, 4) is 0 Å². The van der Waals surface area contributed by atoms with Gasteiger partial charge in [0.15, 0.2) is 0 Å². The molecule has 0 aromatic carbocycles. The van der Waals surface area contributed by atoms with Crippen molar-refractivity contribution in [2.75, 3.05) is 0 Å². The molecule has 1 heterocycles. The zero-order valence-electron chi connectivity index (χ0n) is 16.6. The highest BCUT2D eigenvalue weighted by Crippen LogP contribution is 2.43. The van der Waals surface area contributed by atoms with Gasteiger partial charge in [-0.1, -0.05) is 46.1 Å². The molecule has 1 aromatic heterocycles. The van der Waals surface area contributed by atoms with Crippen LogP contribution in [0.4, 0.5) is 13.2 Å². The molecule has 0 unspecified atom stereocenters. The van der Waals surface area contributed by atoms with Crippen LogP contribution >= 0.6 is 0 Å². The minimum absolute atomic E-state index is 0.219. The van der Waals surface area contributed by atoms with Gasteiger partial charge in [-0.05, 0) is 40.7 Å². The van der Waals surface area contributed by atoms with Crippen molar-refractivity contribution < 1.29 is 13.2 Å². The molecule has 0 saturated carbocycles. The molecule has 24 heavy (non-hydrogen) atoms. The first-order chi connectivity index (χ1) is 11.0. The Balaban J connectivity index is 0. The van der Waals surface area contributed by atoms with Gasteiger partial charge in [0.25, 0.3) is 0 Å². The topological polar surface area (TPSA) is 25.8 Å². The van der Waals surface area contributed by atoms with E-state index in [9.17, 15) is 13.2 Å². The van der Waals surface area contributed by atoms with Crippen LogP contribution in [0.3, 0.4) is 0 Å². The lowest BCUT2D eigenvalue weighted by atomic mass is 9.84. The van der Waals surface area contributed by atoms with E-state index in [0.717, 1.165) is 19.5 Å². The molecule has 0 fully saturated rings. The van der Waals surface area contributed by atoms with Gasteiger partial charge in [-0.25, -0.2) is 0 Å². The van der Waals surface area contributed by atoms with Crippen LogP contribution in [-0.2, 0) is 0 Å². The van der Waals surface area contributed by atoms with E-state index in [2.05, 4.69) is 23.8 Å². The second kappa shape index (κ2) is 11.2. The SMILES string of the molecule is C/C(=C\c1ncc(C)nc1C)C(C)(C)C(F)(F)F.CC.CCCC. The average molecular weight is 346 g/mol. The third kappa shape index (κ3) is 7.93. The Hall–Kier alpha value is -1.39. The highest BCUT2D eigenvalue weighted by atomic mass is 19.4. The van der Waals surface area contributed by atoms with Crippen molar-refractivity contribution in [2.45, 2.75) is 81.3 Å². The van der Waals surface area contributed by atoms with E-state index < -0.39 is 11.6 Å². The number of aryl methyl sites for hydroxylation is 2. The number of allylic oxidation sites excluding steroid dienone is 1. The molecule has 5 heteroatoms. The second-order valence-corrected chi connectivity index (χ2v) is 5.93. The summed E-state index contributed by atoms with van der Waals surface area (Å²) in [6, 6.07) is 0. The Morgan fingerprint density at radius 2 is 1.54 bits per heavy atom. The van der Waals surface area contributed by atoms with Crippen molar-refractivity contribution in [3.63, 3.8) is 0 Å². The molecule has 0 saturated heterocycles. The number of unbranched alkanes of at least 4 members (excludes halogenated alkanes) is 1. The van der Waals surface area contributed by atoms with Gasteiger partial charge in [-0.2, -0.15) is 13.2 Å². The highest BCUT2D eigenvalue weighted by Gasteiger charge is 2.48. The molecular formula is C19H33F3N2. The predicted molar refractivity (Wildman–Crippen MR) is 96.9 cm³/mol. The maximum atomic E-state index is 12.9. The Morgan fingerprint density at radius 3 is 1.88 bits per heavy atom. The number of alkyl halides is 3. The summed E-state index contributed by atoms with van der Waals surface area (Å²) in [6.45, 7) is 15.7. The van der Waals surface area contributed by atoms with Crippen LogP contribution in [0.2, 0.25) is 0 Å². The maximum absolute atomic E-state index is 12.9. The van der Waals surface area contributed by atoms with Gasteiger partial charge < -0.3 is 0 Å². The van der Waals surface area contributed by atoms with Gasteiger partial charge >= 0.3 is 6.18 Å². The molecule has 2 nitrogen and oxygen atoms in total. The van der Waals surface area contributed by atoms with E-state index in [4.69, 9.17) is 0 Å². The van der Waals surface area contributed by atoms with E-state index >= 15 is 0 Å². The first kappa shape index (κ1) is 24.9. The van der Waals surface area contributed by atoms with Crippen molar-refractivity contribution in [1.29, 1.82) is 0 Å². The van der Waals surface area contributed by atoms with E-state index in [1.54, 1.807) is 20.0 Å². The smallest absolute Gasteiger partial charge is 0.255 e. The fourth-order valence-corrected chi connectivity index (χ4v) is 1.36. The Kier molecular flexibility index (Phi) is 11.6. The van der Waals surface area contributed by atoms with Gasteiger partial charge in [0.1, 0.15) is 0 Å². The zero-order valence-corrected chi connectivity index (χ0v) is 16.6. The Labute approximate surface area is 145 Å². The summed E-state index contributed by atoms with van der Waals surface area (Å²) in [4.78, 5) is 8.29. The third-order valence-electron chi connectivity index (χ3n) is 3.65. The van der Waals surface area contributed by atoms with Gasteiger partial charge in [-0.15, -0.1) is 0 Å². The van der Waals surface area contributed by atoms with Crippen LogP contribution in [0.5, 0.6) is 0 Å². The van der Waals surface area contributed by atoms with Gasteiger partial charge in [0.05, 0.1) is 22.5 Å². The lowest BCUT2D eigenvalue weighted by Crippen LogP contribution is -2.33. The summed E-state index contributed by atoms with van der Waals surface area (Å²) in [5.41, 5.74) is 0.211. The van der Waals surface area contributed by atoms with Crippen LogP contribution in [0, 0.1) is 19.3 Å². The van der Waals surface area contributed by atoms with Crippen molar-refractivity contribution in [2.24, 2.45) is 5.41 Å². The molecule has 0 radical (unpaired) electrons. The van der Waals surface area contributed by atoms with Crippen molar-refractivity contribution >= 4 is 6.08 Å². The molecule has 0 bridgehead atoms. The molecule has 0 spiro atoms. The summed E-state index contributed by atoms with van der Waals surface area (Å²) in [5, 5.41) is 0. The van der Waals surface area contributed by atoms with Crippen molar-refractivity contribution in [1.82, 2.24) is 9.97 Å². The molecule has 0 amide bonds. The number of rotatable bonds is 3. The molecule has 0 aliphatic carbocycles. The van der Waals surface area contributed by atoms with Crippen LogP contribution in [0.25, 0.3) is 6.08 Å². The van der Waals surface area contributed by atoms with Gasteiger partial charge in [0.2, 0.25) is 0 Å². The minimum Gasteiger partial charge on any atom is -0.255 e. The van der Waals surface area contributed by atoms with Crippen LogP contribution in [0.15, 0.2) is 11.8 Å². The number of hydrogen-bond acceptors (Lipinski definition) is 2. The van der Waals surface area contributed by atoms with Gasteiger partial charge in [0, 0.05) is 6.20 Å². The maximum Gasteiger partial charge on any atom is 0.397 e. The van der Waals surface area contributed by atoms with Gasteiger partial charge in [-0.3, -0.25) is 9.97 Å². The Morgan fingerprint density at radius 1 is 1.08 bits per heavy atom. The lowest BCUT2D eigenvalue weighted by Gasteiger charge is -2.28. The zero-order chi connectivity index (χ0) is 19.6. The first-order valence-corrected chi connectivity index (χ1v) is 8.53.